The number of aryl methyl sites for hydroxylation is 1. The van der Waals surface area contributed by atoms with Gasteiger partial charge in [-0.3, -0.25) is 4.79 Å². The number of pyridine rings is 1. The average molecular weight is 443 g/mol. The summed E-state index contributed by atoms with van der Waals surface area (Å²) in [5, 5.41) is 20.0. The summed E-state index contributed by atoms with van der Waals surface area (Å²) in [5.74, 6) is 0.820. The van der Waals surface area contributed by atoms with E-state index in [1.165, 1.54) is 35.6 Å². The Kier molecular flexibility index (Phi) is 5.67. The fourth-order valence-electron chi connectivity index (χ4n) is 5.19. The van der Waals surface area contributed by atoms with Crippen LogP contribution in [-0.4, -0.2) is 39.1 Å². The molecule has 1 aliphatic heterocycles. The van der Waals surface area contributed by atoms with Crippen molar-refractivity contribution in [2.24, 2.45) is 0 Å². The molecule has 1 aromatic heterocycles. The molecule has 1 saturated carbocycles. The molecular weight excluding hydrogens is 412 g/mol. The van der Waals surface area contributed by atoms with Gasteiger partial charge in [0.25, 0.3) is 5.91 Å². The van der Waals surface area contributed by atoms with Gasteiger partial charge < -0.3 is 15.1 Å². The molecule has 1 amide bonds. The van der Waals surface area contributed by atoms with Gasteiger partial charge >= 0.3 is 0 Å². The molecule has 2 aliphatic rings. The second-order valence-corrected chi connectivity index (χ2v) is 9.36. The van der Waals surface area contributed by atoms with Crippen LogP contribution in [0.5, 0.6) is 5.75 Å². The van der Waals surface area contributed by atoms with E-state index in [-0.39, 0.29) is 24.2 Å². The van der Waals surface area contributed by atoms with Gasteiger partial charge in [0.15, 0.2) is 0 Å². The second kappa shape index (κ2) is 8.64. The van der Waals surface area contributed by atoms with Gasteiger partial charge in [-0.2, -0.15) is 0 Å². The van der Waals surface area contributed by atoms with Crippen LogP contribution in [0.25, 0.3) is 11.1 Å². The van der Waals surface area contributed by atoms with Gasteiger partial charge in [0.05, 0.1) is 12.3 Å². The number of amides is 1. The molecule has 1 atom stereocenters. The predicted molar refractivity (Wildman–Crippen MR) is 128 cm³/mol. The number of aliphatic hydroxyl groups excluding tert-OH is 1. The van der Waals surface area contributed by atoms with E-state index in [0.29, 0.717) is 30.4 Å². The number of hydrogen-bond acceptors (Lipinski definition) is 4. The van der Waals surface area contributed by atoms with Crippen LogP contribution >= 0.6 is 0 Å². The molecule has 5 nitrogen and oxygen atoms in total. The minimum atomic E-state index is -0.113. The lowest BCUT2D eigenvalue weighted by molar-refractivity contribution is 0.0784. The van der Waals surface area contributed by atoms with Gasteiger partial charge in [0.2, 0.25) is 0 Å². The number of aromatic hydroxyl groups is 1. The van der Waals surface area contributed by atoms with E-state index < -0.39 is 0 Å². The summed E-state index contributed by atoms with van der Waals surface area (Å²) in [7, 11) is 0. The third-order valence-corrected chi connectivity index (χ3v) is 7.25. The maximum Gasteiger partial charge on any atom is 0.272 e. The highest BCUT2D eigenvalue weighted by molar-refractivity contribution is 5.92. The highest BCUT2D eigenvalue weighted by Gasteiger charge is 2.31. The molecule has 5 rings (SSSR count). The van der Waals surface area contributed by atoms with Gasteiger partial charge in [0.1, 0.15) is 11.4 Å². The van der Waals surface area contributed by atoms with E-state index in [1.807, 2.05) is 4.90 Å². The van der Waals surface area contributed by atoms with Crippen LogP contribution in [0, 0.1) is 13.8 Å². The fourth-order valence-corrected chi connectivity index (χ4v) is 5.19. The standard InChI is InChI=1S/C28H30N2O3/c1-17-21(24-6-4-3-5-22(24)19-7-8-19)9-10-23(25(17)16-31)20-13-14-30(15-20)28(33)26-11-12-27(32)18(2)29-26/h3-6,9-12,19-20,31-32H,7-8,13-16H2,1-2H3. The minimum Gasteiger partial charge on any atom is -0.506 e. The Morgan fingerprint density at radius 2 is 1.76 bits per heavy atom. The zero-order chi connectivity index (χ0) is 23.1. The smallest absolute Gasteiger partial charge is 0.272 e. The van der Waals surface area contributed by atoms with E-state index in [0.717, 1.165) is 23.1 Å². The molecule has 0 spiro atoms. The fraction of sp³-hybridized carbons (Fsp3) is 0.357. The maximum atomic E-state index is 13.0. The molecule has 1 unspecified atom stereocenters. The monoisotopic (exact) mass is 442 g/mol. The quantitative estimate of drug-likeness (QED) is 0.579. The predicted octanol–water partition coefficient (Wildman–Crippen LogP) is 5.07. The first-order chi connectivity index (χ1) is 16.0. The Hall–Kier alpha value is -3.18. The zero-order valence-electron chi connectivity index (χ0n) is 19.2. The van der Waals surface area contributed by atoms with Crippen molar-refractivity contribution in [2.45, 2.75) is 51.6 Å². The van der Waals surface area contributed by atoms with Crippen LogP contribution < -0.4 is 0 Å². The van der Waals surface area contributed by atoms with Crippen LogP contribution in [0.4, 0.5) is 0 Å². The van der Waals surface area contributed by atoms with Crippen LogP contribution in [0.2, 0.25) is 0 Å². The lowest BCUT2D eigenvalue weighted by atomic mass is 9.85. The molecule has 0 bridgehead atoms. The van der Waals surface area contributed by atoms with Crippen molar-refractivity contribution < 1.29 is 15.0 Å². The van der Waals surface area contributed by atoms with Crippen molar-refractivity contribution in [3.63, 3.8) is 0 Å². The molecule has 33 heavy (non-hydrogen) atoms. The Balaban J connectivity index is 1.42. The summed E-state index contributed by atoms with van der Waals surface area (Å²) in [6.07, 6.45) is 3.36. The van der Waals surface area contributed by atoms with Gasteiger partial charge in [-0.05, 0) is 84.5 Å². The normalized spacial score (nSPS) is 18.0. The zero-order valence-corrected chi connectivity index (χ0v) is 19.2. The second-order valence-electron chi connectivity index (χ2n) is 9.36. The van der Waals surface area contributed by atoms with Crippen molar-refractivity contribution in [3.8, 4) is 16.9 Å². The molecule has 0 radical (unpaired) electrons. The van der Waals surface area contributed by atoms with Crippen molar-refractivity contribution >= 4 is 5.91 Å². The van der Waals surface area contributed by atoms with Crippen LogP contribution in [0.15, 0.2) is 48.5 Å². The number of benzene rings is 2. The first kappa shape index (κ1) is 21.7. The molecule has 1 saturated heterocycles. The van der Waals surface area contributed by atoms with Crippen LogP contribution in [-0.2, 0) is 6.61 Å². The van der Waals surface area contributed by atoms with Crippen molar-refractivity contribution in [3.05, 3.63) is 82.2 Å². The molecule has 2 fully saturated rings. The first-order valence-corrected chi connectivity index (χ1v) is 11.8. The molecule has 1 aliphatic carbocycles. The third-order valence-electron chi connectivity index (χ3n) is 7.25. The molecule has 3 aromatic rings. The Labute approximate surface area is 194 Å². The van der Waals surface area contributed by atoms with Gasteiger partial charge in [-0.1, -0.05) is 36.4 Å². The van der Waals surface area contributed by atoms with Gasteiger partial charge in [0, 0.05) is 19.0 Å². The number of hydrogen-bond donors (Lipinski definition) is 2. The number of aliphatic hydroxyl groups is 1. The summed E-state index contributed by atoms with van der Waals surface area (Å²) in [6.45, 7) is 5.04. The summed E-state index contributed by atoms with van der Waals surface area (Å²) >= 11 is 0. The molecule has 170 valence electrons. The number of likely N-dealkylation sites (tertiary alicyclic amines) is 1. The number of nitrogens with zero attached hydrogens (tertiary/aromatic N) is 2. The molecular formula is C28H30N2O3. The van der Waals surface area contributed by atoms with E-state index in [4.69, 9.17) is 0 Å². The number of carbonyl (C=O) groups is 1. The number of aromatic nitrogens is 1. The Bertz CT molecular complexity index is 1220. The summed E-state index contributed by atoms with van der Waals surface area (Å²) in [4.78, 5) is 19.1. The summed E-state index contributed by atoms with van der Waals surface area (Å²) in [6, 6.07) is 16.1. The van der Waals surface area contributed by atoms with E-state index in [2.05, 4.69) is 48.3 Å². The lowest BCUT2D eigenvalue weighted by Gasteiger charge is -2.21. The van der Waals surface area contributed by atoms with Crippen LogP contribution in [0.1, 0.15) is 69.5 Å². The Morgan fingerprint density at radius 3 is 2.48 bits per heavy atom. The minimum absolute atomic E-state index is 0.0102. The van der Waals surface area contributed by atoms with E-state index in [9.17, 15) is 15.0 Å². The van der Waals surface area contributed by atoms with E-state index >= 15 is 0 Å². The van der Waals surface area contributed by atoms with Crippen molar-refractivity contribution in [1.82, 2.24) is 9.88 Å². The van der Waals surface area contributed by atoms with E-state index in [1.54, 1.807) is 13.0 Å². The highest BCUT2D eigenvalue weighted by Crippen LogP contribution is 2.45. The van der Waals surface area contributed by atoms with Crippen molar-refractivity contribution in [1.29, 1.82) is 0 Å². The lowest BCUT2D eigenvalue weighted by Crippen LogP contribution is -2.29. The summed E-state index contributed by atoms with van der Waals surface area (Å²) < 4.78 is 0. The summed E-state index contributed by atoms with van der Waals surface area (Å²) in [5.41, 5.74) is 7.93. The molecule has 2 N–H and O–H groups in total. The number of carbonyl (C=O) groups excluding carboxylic acids is 1. The third kappa shape index (κ3) is 4.02. The highest BCUT2D eigenvalue weighted by atomic mass is 16.3. The number of rotatable bonds is 5. The Morgan fingerprint density at radius 1 is 0.970 bits per heavy atom. The van der Waals surface area contributed by atoms with Gasteiger partial charge in [-0.15, -0.1) is 0 Å². The maximum absolute atomic E-state index is 13.0. The van der Waals surface area contributed by atoms with Gasteiger partial charge in [-0.25, -0.2) is 4.98 Å². The van der Waals surface area contributed by atoms with Crippen molar-refractivity contribution in [2.75, 3.05) is 13.1 Å². The average Bonchev–Trinajstić information content (AvgIpc) is 3.56. The largest absolute Gasteiger partial charge is 0.506 e. The first-order valence-electron chi connectivity index (χ1n) is 11.8. The molecule has 2 aromatic carbocycles. The molecule has 5 heteroatoms. The SMILES string of the molecule is Cc1nc(C(=O)N2CCC(c3ccc(-c4ccccc4C4CC4)c(C)c3CO)C2)ccc1O. The van der Waals surface area contributed by atoms with Crippen LogP contribution in [0.3, 0.4) is 0 Å². The molecule has 2 heterocycles. The topological polar surface area (TPSA) is 73.7 Å².